The van der Waals surface area contributed by atoms with Crippen molar-refractivity contribution in [1.82, 2.24) is 5.32 Å². The highest BCUT2D eigenvalue weighted by Crippen LogP contribution is 2.24. The van der Waals surface area contributed by atoms with Crippen LogP contribution in [0.2, 0.25) is 0 Å². The van der Waals surface area contributed by atoms with Gasteiger partial charge in [0.05, 0.1) is 12.0 Å². The van der Waals surface area contributed by atoms with Gasteiger partial charge in [-0.15, -0.1) is 0 Å². The van der Waals surface area contributed by atoms with E-state index in [0.29, 0.717) is 5.75 Å². The first-order chi connectivity index (χ1) is 8.08. The van der Waals surface area contributed by atoms with Gasteiger partial charge in [-0.05, 0) is 18.6 Å². The molecule has 0 heterocycles. The molecule has 0 rings (SSSR count). The molecule has 0 aliphatic carbocycles. The molecule has 18 heavy (non-hydrogen) atoms. The van der Waals surface area contributed by atoms with Gasteiger partial charge in [0.25, 0.3) is 0 Å². The molecule has 0 bridgehead atoms. The van der Waals surface area contributed by atoms with Crippen molar-refractivity contribution in [2.24, 2.45) is 5.41 Å². The number of aliphatic carboxylic acids is 1. The van der Waals surface area contributed by atoms with Crippen molar-refractivity contribution in [3.63, 3.8) is 0 Å². The molecule has 0 saturated carbocycles. The molecule has 106 valence electrons. The van der Waals surface area contributed by atoms with Crippen LogP contribution in [0.25, 0.3) is 0 Å². The van der Waals surface area contributed by atoms with Gasteiger partial charge in [-0.1, -0.05) is 13.8 Å². The lowest BCUT2D eigenvalue weighted by Gasteiger charge is -2.25. The maximum absolute atomic E-state index is 11.7. The maximum atomic E-state index is 11.7. The second-order valence-electron chi connectivity index (χ2n) is 5.62. The summed E-state index contributed by atoms with van der Waals surface area (Å²) in [6, 6.07) is 0. The van der Waals surface area contributed by atoms with Gasteiger partial charge in [0.2, 0.25) is 5.91 Å². The number of hydrogen-bond acceptors (Lipinski definition) is 4. The predicted octanol–water partition coefficient (Wildman–Crippen LogP) is 1.11. The van der Waals surface area contributed by atoms with Gasteiger partial charge in [0.15, 0.2) is 0 Å². The van der Waals surface area contributed by atoms with Gasteiger partial charge in [-0.3, -0.25) is 9.59 Å². The molecule has 3 N–H and O–H groups in total. The maximum Gasteiger partial charge on any atom is 0.303 e. The number of rotatable bonds is 8. The predicted molar refractivity (Wildman–Crippen MR) is 72.7 cm³/mol. The van der Waals surface area contributed by atoms with E-state index in [9.17, 15) is 14.7 Å². The molecule has 0 aromatic heterocycles. The van der Waals surface area contributed by atoms with Gasteiger partial charge < -0.3 is 15.5 Å². The molecule has 0 radical (unpaired) electrons. The van der Waals surface area contributed by atoms with Crippen molar-refractivity contribution in [3.05, 3.63) is 0 Å². The molecule has 0 saturated heterocycles. The zero-order chi connectivity index (χ0) is 14.4. The van der Waals surface area contributed by atoms with Crippen LogP contribution in [0.15, 0.2) is 0 Å². The molecule has 0 aromatic rings. The van der Waals surface area contributed by atoms with Crippen LogP contribution < -0.4 is 5.32 Å². The number of hydrogen-bond donors (Lipinski definition) is 3. The zero-order valence-corrected chi connectivity index (χ0v) is 12.3. The minimum atomic E-state index is -0.938. The highest BCUT2D eigenvalue weighted by Gasteiger charge is 2.26. The summed E-state index contributed by atoms with van der Waals surface area (Å²) in [6.07, 6.45) is 1.96. The molecule has 0 aromatic carbocycles. The summed E-state index contributed by atoms with van der Waals surface area (Å²) >= 11 is 1.50. The largest absolute Gasteiger partial charge is 0.481 e. The quantitative estimate of drug-likeness (QED) is 0.618. The van der Waals surface area contributed by atoms with Crippen LogP contribution in [-0.4, -0.2) is 46.2 Å². The molecule has 1 atom stereocenters. The number of carboxylic acid groups (broad SMARTS) is 1. The fourth-order valence-electron chi connectivity index (χ4n) is 1.62. The summed E-state index contributed by atoms with van der Waals surface area (Å²) in [6.45, 7) is 5.31. The zero-order valence-electron chi connectivity index (χ0n) is 11.4. The third kappa shape index (κ3) is 8.36. The Morgan fingerprint density at radius 1 is 1.22 bits per heavy atom. The minimum Gasteiger partial charge on any atom is -0.481 e. The van der Waals surface area contributed by atoms with Crippen molar-refractivity contribution < 1.29 is 19.8 Å². The Kier molecular flexibility index (Phi) is 6.70. The summed E-state index contributed by atoms with van der Waals surface area (Å²) in [4.78, 5) is 22.3. The molecule has 0 aliphatic rings. The summed E-state index contributed by atoms with van der Waals surface area (Å²) in [5.74, 6) is -0.615. The lowest BCUT2D eigenvalue weighted by atomic mass is 9.85. The van der Waals surface area contributed by atoms with Gasteiger partial charge in [-0.25, -0.2) is 0 Å². The van der Waals surface area contributed by atoms with Crippen LogP contribution in [0.5, 0.6) is 0 Å². The van der Waals surface area contributed by atoms with Crippen LogP contribution in [0, 0.1) is 5.41 Å². The van der Waals surface area contributed by atoms with E-state index in [0.717, 1.165) is 0 Å². The second-order valence-corrected chi connectivity index (χ2v) is 6.48. The fraction of sp³-hybridized carbons (Fsp3) is 0.833. The van der Waals surface area contributed by atoms with Crippen LogP contribution in [-0.2, 0) is 9.59 Å². The first kappa shape index (κ1) is 17.2. The molecule has 6 heteroatoms. The fourth-order valence-corrected chi connectivity index (χ4v) is 2.34. The lowest BCUT2D eigenvalue weighted by Crippen LogP contribution is -2.43. The molecule has 0 spiro atoms. The minimum absolute atomic E-state index is 0.0539. The van der Waals surface area contributed by atoms with E-state index >= 15 is 0 Å². The highest BCUT2D eigenvalue weighted by molar-refractivity contribution is 7.98. The Morgan fingerprint density at radius 2 is 1.78 bits per heavy atom. The topological polar surface area (TPSA) is 86.6 Å². The monoisotopic (exact) mass is 277 g/mol. The highest BCUT2D eigenvalue weighted by atomic mass is 32.2. The van der Waals surface area contributed by atoms with Crippen molar-refractivity contribution in [3.8, 4) is 0 Å². The van der Waals surface area contributed by atoms with Gasteiger partial charge in [-0.2, -0.15) is 11.8 Å². The third-order valence-electron chi connectivity index (χ3n) is 2.39. The van der Waals surface area contributed by atoms with Crippen molar-refractivity contribution in [2.45, 2.75) is 39.2 Å². The van der Waals surface area contributed by atoms with Crippen LogP contribution in [0.4, 0.5) is 0 Å². The van der Waals surface area contributed by atoms with Gasteiger partial charge in [0.1, 0.15) is 0 Å². The van der Waals surface area contributed by atoms with E-state index < -0.39 is 17.0 Å². The molecule has 0 aliphatic heterocycles. The molecule has 1 unspecified atom stereocenters. The second kappa shape index (κ2) is 6.99. The van der Waals surface area contributed by atoms with E-state index in [2.05, 4.69) is 5.32 Å². The SMILES string of the molecule is CSCC(C)(O)CNC(=O)CC(C)(C)CC(=O)O. The molecular weight excluding hydrogens is 254 g/mol. The van der Waals surface area contributed by atoms with Gasteiger partial charge in [0, 0.05) is 18.7 Å². The normalized spacial score (nSPS) is 14.9. The average molecular weight is 277 g/mol. The average Bonchev–Trinajstić information content (AvgIpc) is 2.11. The molecule has 5 nitrogen and oxygen atoms in total. The van der Waals surface area contributed by atoms with E-state index in [4.69, 9.17) is 5.11 Å². The van der Waals surface area contributed by atoms with E-state index in [1.54, 1.807) is 20.8 Å². The number of carboxylic acids is 1. The first-order valence-corrected chi connectivity index (χ1v) is 7.17. The molecular formula is C12H23NO4S. The Hall–Kier alpha value is -0.750. The number of amides is 1. The number of aliphatic hydroxyl groups is 1. The first-order valence-electron chi connectivity index (χ1n) is 5.78. The molecule has 0 fully saturated rings. The summed E-state index contributed by atoms with van der Waals surface area (Å²) in [7, 11) is 0. The van der Waals surface area contributed by atoms with Crippen molar-refractivity contribution >= 4 is 23.6 Å². The third-order valence-corrected chi connectivity index (χ3v) is 3.30. The Labute approximate surface area is 112 Å². The Morgan fingerprint density at radius 3 is 2.22 bits per heavy atom. The number of nitrogens with one attached hydrogen (secondary N) is 1. The molecule has 1 amide bonds. The lowest BCUT2D eigenvalue weighted by molar-refractivity contribution is -0.139. The number of carbonyl (C=O) groups is 2. The number of carbonyl (C=O) groups excluding carboxylic acids is 1. The Bertz CT molecular complexity index is 302. The van der Waals surface area contributed by atoms with Crippen LogP contribution in [0.1, 0.15) is 33.6 Å². The van der Waals surface area contributed by atoms with Crippen molar-refractivity contribution in [1.29, 1.82) is 0 Å². The van der Waals surface area contributed by atoms with Crippen LogP contribution >= 0.6 is 11.8 Å². The summed E-state index contributed by atoms with van der Waals surface area (Å²) in [5, 5.41) is 21.2. The Balaban J connectivity index is 4.15. The number of thioether (sulfide) groups is 1. The van der Waals surface area contributed by atoms with E-state index in [-0.39, 0.29) is 25.3 Å². The standard InChI is InChI=1S/C12H23NO4S/c1-11(2,6-10(15)16)5-9(14)13-7-12(3,17)8-18-4/h17H,5-8H2,1-4H3,(H,13,14)(H,15,16). The van der Waals surface area contributed by atoms with E-state index in [1.807, 2.05) is 6.26 Å². The summed E-state index contributed by atoms with van der Waals surface area (Å²) in [5.41, 5.74) is -1.52. The smallest absolute Gasteiger partial charge is 0.303 e. The van der Waals surface area contributed by atoms with Crippen molar-refractivity contribution in [2.75, 3.05) is 18.6 Å². The summed E-state index contributed by atoms with van der Waals surface area (Å²) < 4.78 is 0. The van der Waals surface area contributed by atoms with Gasteiger partial charge >= 0.3 is 5.97 Å². The van der Waals surface area contributed by atoms with E-state index in [1.165, 1.54) is 11.8 Å². The van der Waals surface area contributed by atoms with Crippen LogP contribution in [0.3, 0.4) is 0 Å².